The summed E-state index contributed by atoms with van der Waals surface area (Å²) in [5.74, 6) is 0. The zero-order valence-corrected chi connectivity index (χ0v) is 7.22. The summed E-state index contributed by atoms with van der Waals surface area (Å²) in [5, 5.41) is 0. The van der Waals surface area contributed by atoms with Gasteiger partial charge in [0.1, 0.15) is 7.85 Å². The van der Waals surface area contributed by atoms with Gasteiger partial charge in [0.25, 0.3) is 0 Å². The van der Waals surface area contributed by atoms with E-state index in [2.05, 4.69) is 30.5 Å². The van der Waals surface area contributed by atoms with Gasteiger partial charge in [0.05, 0.1) is 0 Å². The topological polar surface area (TPSA) is 0 Å². The number of thiophene rings is 1. The van der Waals surface area contributed by atoms with Gasteiger partial charge in [-0.3, -0.25) is 0 Å². The molecule has 0 aliphatic rings. The third-order valence-electron chi connectivity index (χ3n) is 1.92. The van der Waals surface area contributed by atoms with Crippen LogP contribution >= 0.6 is 11.3 Å². The van der Waals surface area contributed by atoms with E-state index in [0.29, 0.717) is 0 Å². The van der Waals surface area contributed by atoms with Gasteiger partial charge in [-0.1, -0.05) is 11.0 Å². The van der Waals surface area contributed by atoms with Crippen molar-refractivity contribution in [3.8, 4) is 0 Å². The minimum absolute atomic E-state index is 1.46. The molecule has 1 rings (SSSR count). The van der Waals surface area contributed by atoms with E-state index in [4.69, 9.17) is 0 Å². The maximum absolute atomic E-state index is 2.19. The second-order valence-electron chi connectivity index (χ2n) is 2.46. The molecule has 0 spiro atoms. The minimum Gasteiger partial charge on any atom is -0.167 e. The first-order chi connectivity index (χ1) is 4.13. The Labute approximate surface area is 62.9 Å². The molecule has 0 nitrogen and oxygen atoms in total. The van der Waals surface area contributed by atoms with Gasteiger partial charge in [0, 0.05) is 0 Å². The lowest BCUT2D eigenvalue weighted by Gasteiger charge is -1.89. The molecule has 1 heterocycles. The number of rotatable bonds is 0. The Bertz CT molecular complexity index is 206. The highest BCUT2D eigenvalue weighted by atomic mass is 32.1. The molecule has 0 unspecified atom stereocenters. The largest absolute Gasteiger partial charge is 0.167 e. The molecule has 0 saturated carbocycles. The Morgan fingerprint density at radius 3 is 1.78 bits per heavy atom. The van der Waals surface area contributed by atoms with Crippen molar-refractivity contribution in [1.82, 2.24) is 0 Å². The molecular formula is C5H9B3S. The third kappa shape index (κ3) is 1.09. The van der Waals surface area contributed by atoms with Crippen molar-refractivity contribution in [3.05, 3.63) is 5.56 Å². The van der Waals surface area contributed by atoms with Gasteiger partial charge in [-0.15, -0.1) is 0 Å². The Morgan fingerprint density at radius 1 is 1.11 bits per heavy atom. The average molecular weight is 134 g/mol. The van der Waals surface area contributed by atoms with Gasteiger partial charge in [-0.25, -0.2) is 0 Å². The van der Waals surface area contributed by atoms with Gasteiger partial charge in [-0.2, -0.15) is 11.3 Å². The van der Waals surface area contributed by atoms with Crippen molar-refractivity contribution < 1.29 is 0 Å². The van der Waals surface area contributed by atoms with Gasteiger partial charge in [0.2, 0.25) is 0 Å². The van der Waals surface area contributed by atoms with Crippen LogP contribution in [0.5, 0.6) is 0 Å². The van der Waals surface area contributed by atoms with Crippen LogP contribution < -0.4 is 15.0 Å². The first-order valence-corrected chi connectivity index (χ1v) is 3.97. The molecule has 0 atom stereocenters. The molecule has 0 aromatic carbocycles. The molecule has 0 aliphatic heterocycles. The Kier molecular flexibility index (Phi) is 1.76. The van der Waals surface area contributed by atoms with Gasteiger partial charge in [-0.05, 0) is 16.5 Å². The minimum atomic E-state index is 1.46. The van der Waals surface area contributed by atoms with Crippen LogP contribution in [0.4, 0.5) is 0 Å². The highest BCUT2D eigenvalue weighted by Crippen LogP contribution is 1.90. The monoisotopic (exact) mass is 134 g/mol. The molecule has 0 amide bonds. The first-order valence-electron chi connectivity index (χ1n) is 3.16. The lowest BCUT2D eigenvalue weighted by atomic mass is 9.83. The molecule has 0 fully saturated rings. The third-order valence-corrected chi connectivity index (χ3v) is 3.15. The van der Waals surface area contributed by atoms with Crippen molar-refractivity contribution in [1.29, 1.82) is 0 Å². The summed E-state index contributed by atoms with van der Waals surface area (Å²) in [6.45, 7) is 2.19. The van der Waals surface area contributed by atoms with Crippen molar-refractivity contribution in [2.45, 2.75) is 6.92 Å². The Morgan fingerprint density at radius 2 is 1.67 bits per heavy atom. The van der Waals surface area contributed by atoms with Gasteiger partial charge < -0.3 is 0 Å². The number of hydrogen-bond donors (Lipinski definition) is 0. The van der Waals surface area contributed by atoms with Crippen molar-refractivity contribution in [2.24, 2.45) is 0 Å². The molecule has 9 heavy (non-hydrogen) atoms. The highest BCUT2D eigenvalue weighted by Gasteiger charge is 2.01. The predicted molar refractivity (Wildman–Crippen MR) is 53.6 cm³/mol. The van der Waals surface area contributed by atoms with Crippen LogP contribution in [-0.4, -0.2) is 23.5 Å². The molecule has 0 radical (unpaired) electrons. The van der Waals surface area contributed by atoms with Crippen molar-refractivity contribution in [2.75, 3.05) is 0 Å². The predicted octanol–water partition coefficient (Wildman–Crippen LogP) is -3.17. The fraction of sp³-hybridized carbons (Fsp3) is 0.200. The first kappa shape index (κ1) is 7.01. The zero-order valence-electron chi connectivity index (χ0n) is 6.41. The molecule has 0 N–H and O–H groups in total. The molecule has 0 bridgehead atoms. The molecule has 44 valence electrons. The van der Waals surface area contributed by atoms with Crippen molar-refractivity contribution >= 4 is 49.9 Å². The van der Waals surface area contributed by atoms with Gasteiger partial charge in [0.15, 0.2) is 15.7 Å². The van der Waals surface area contributed by atoms with E-state index < -0.39 is 0 Å². The summed E-state index contributed by atoms with van der Waals surface area (Å²) in [4.78, 5) is 0. The second kappa shape index (κ2) is 2.26. The molecule has 1 aromatic rings. The summed E-state index contributed by atoms with van der Waals surface area (Å²) < 4.78 is 2.93. The van der Waals surface area contributed by atoms with E-state index in [0.717, 1.165) is 0 Å². The van der Waals surface area contributed by atoms with Crippen molar-refractivity contribution in [3.63, 3.8) is 0 Å². The van der Waals surface area contributed by atoms with Crippen LogP contribution in [0.2, 0.25) is 0 Å². The quantitative estimate of drug-likeness (QED) is 0.328. The standard InChI is InChI=1S/C5H9B3S/c1-2-3(6)5(8)9-4(2)7/h6-8H2,1H3. The van der Waals surface area contributed by atoms with E-state index in [-0.39, 0.29) is 0 Å². The van der Waals surface area contributed by atoms with E-state index in [1.165, 1.54) is 20.6 Å². The molecule has 0 aliphatic carbocycles. The van der Waals surface area contributed by atoms with Crippen LogP contribution in [0.3, 0.4) is 0 Å². The van der Waals surface area contributed by atoms with Crippen LogP contribution in [0.25, 0.3) is 0 Å². The van der Waals surface area contributed by atoms with Crippen LogP contribution in [0.15, 0.2) is 0 Å². The van der Waals surface area contributed by atoms with Crippen LogP contribution in [-0.2, 0) is 0 Å². The SMILES string of the molecule is Bc1sc(B)c(C)c1B. The Balaban J connectivity index is 3.29. The lowest BCUT2D eigenvalue weighted by Crippen LogP contribution is -2.22. The maximum atomic E-state index is 2.19. The lowest BCUT2D eigenvalue weighted by molar-refractivity contribution is 1.63. The van der Waals surface area contributed by atoms with E-state index >= 15 is 0 Å². The molecule has 1 aromatic heterocycles. The summed E-state index contributed by atoms with van der Waals surface area (Å²) in [6.07, 6.45) is 0. The zero-order chi connectivity index (χ0) is 7.02. The fourth-order valence-corrected chi connectivity index (χ4v) is 1.98. The maximum Gasteiger partial charge on any atom is 0.152 e. The summed E-state index contributed by atoms with van der Waals surface area (Å²) in [6, 6.07) is 0. The average Bonchev–Trinajstić information content (AvgIpc) is 1.98. The summed E-state index contributed by atoms with van der Waals surface area (Å²) in [7, 11) is 6.55. The molecule has 4 heteroatoms. The molecule has 0 saturated heterocycles. The normalized spacial score (nSPS) is 9.89. The van der Waals surface area contributed by atoms with E-state index in [1.54, 1.807) is 0 Å². The van der Waals surface area contributed by atoms with E-state index in [9.17, 15) is 0 Å². The highest BCUT2D eigenvalue weighted by molar-refractivity contribution is 7.28. The fourth-order valence-electron chi connectivity index (χ4n) is 0.911. The summed E-state index contributed by atoms with van der Waals surface area (Å²) in [5.41, 5.74) is 2.94. The van der Waals surface area contributed by atoms with Gasteiger partial charge >= 0.3 is 0 Å². The Hall–Kier alpha value is -0.105. The molecular weight excluding hydrogens is 125 g/mol. The van der Waals surface area contributed by atoms with Crippen LogP contribution in [0.1, 0.15) is 5.56 Å². The smallest absolute Gasteiger partial charge is 0.152 e. The number of hydrogen-bond acceptors (Lipinski definition) is 1. The second-order valence-corrected chi connectivity index (χ2v) is 3.89. The summed E-state index contributed by atoms with van der Waals surface area (Å²) >= 11 is 1.90. The van der Waals surface area contributed by atoms with E-state index in [1.807, 2.05) is 11.3 Å². The van der Waals surface area contributed by atoms with Crippen LogP contribution in [0, 0.1) is 6.92 Å².